The number of alkyl halides is 2. The Morgan fingerprint density at radius 2 is 1.83 bits per heavy atom. The number of aliphatic hydroxyl groups excluding tert-OH is 1. The Kier molecular flexibility index (Phi) is 7.85. The Balaban J connectivity index is 1.85. The molecule has 0 spiro atoms. The molecule has 3 amide bonds. The summed E-state index contributed by atoms with van der Waals surface area (Å²) < 4.78 is 25.8. The van der Waals surface area contributed by atoms with Crippen molar-refractivity contribution in [1.82, 2.24) is 15.5 Å². The van der Waals surface area contributed by atoms with Gasteiger partial charge in [-0.1, -0.05) is 30.3 Å². The van der Waals surface area contributed by atoms with Crippen molar-refractivity contribution in [3.8, 4) is 0 Å². The number of likely N-dealkylation sites (N-methyl/N-ethyl adjacent to an activating group) is 1. The number of nitrogens with zero attached hydrogens (tertiary/aromatic N) is 1. The highest BCUT2D eigenvalue weighted by atomic mass is 19.3. The monoisotopic (exact) mass is 426 g/mol. The second-order valence-corrected chi connectivity index (χ2v) is 7.84. The molecule has 1 fully saturated rings. The summed E-state index contributed by atoms with van der Waals surface area (Å²) in [6, 6.07) is 6.68. The second kappa shape index (κ2) is 9.94. The molecule has 3 atom stereocenters. The zero-order valence-corrected chi connectivity index (χ0v) is 17.0. The molecule has 2 rings (SSSR count). The lowest BCUT2D eigenvalue weighted by Gasteiger charge is -2.36. The predicted molar refractivity (Wildman–Crippen MR) is 105 cm³/mol. The van der Waals surface area contributed by atoms with Crippen molar-refractivity contribution in [2.45, 2.75) is 43.4 Å². The number of halogens is 2. The summed E-state index contributed by atoms with van der Waals surface area (Å²) in [5.74, 6) is -4.90. The molecule has 2 unspecified atom stereocenters. The van der Waals surface area contributed by atoms with Gasteiger partial charge in [-0.15, -0.1) is 0 Å². The van der Waals surface area contributed by atoms with Crippen molar-refractivity contribution in [1.29, 1.82) is 0 Å². The van der Waals surface area contributed by atoms with E-state index in [1.165, 1.54) is 4.90 Å². The Morgan fingerprint density at radius 3 is 2.37 bits per heavy atom. The van der Waals surface area contributed by atoms with Crippen LogP contribution in [-0.2, 0) is 14.4 Å². The highest BCUT2D eigenvalue weighted by Crippen LogP contribution is 2.44. The van der Waals surface area contributed by atoms with E-state index in [4.69, 9.17) is 5.73 Å². The molecule has 30 heavy (non-hydrogen) atoms. The Morgan fingerprint density at radius 1 is 1.23 bits per heavy atom. The molecule has 1 aromatic rings. The summed E-state index contributed by atoms with van der Waals surface area (Å²) in [5.41, 5.74) is 6.33. The summed E-state index contributed by atoms with van der Waals surface area (Å²) in [7, 11) is 3.11. The van der Waals surface area contributed by atoms with Gasteiger partial charge in [0, 0.05) is 33.0 Å². The number of hydrogen-bond donors (Lipinski definition) is 4. The zero-order valence-electron chi connectivity index (χ0n) is 17.0. The van der Waals surface area contributed by atoms with Gasteiger partial charge in [-0.3, -0.25) is 14.4 Å². The predicted octanol–water partition coefficient (Wildman–Crippen LogP) is 0.172. The van der Waals surface area contributed by atoms with Gasteiger partial charge in [0.2, 0.25) is 17.7 Å². The van der Waals surface area contributed by atoms with Crippen LogP contribution < -0.4 is 16.4 Å². The van der Waals surface area contributed by atoms with Gasteiger partial charge in [0.05, 0.1) is 6.54 Å². The standard InChI is InChI=1S/C20H28F2N4O4/c1-26(2)19(30)16(13-6-4-3-5-7-13)25-15(27)11-24-18(29)17(28)14(23)8-12-9-20(21,22)10-12/h3-7,12,14,16-17,28H,8-11,23H2,1-2H3,(H,24,29)(H,25,27)/t14?,16-,17?/m0/s1. The van der Waals surface area contributed by atoms with Crippen molar-refractivity contribution < 1.29 is 28.3 Å². The largest absolute Gasteiger partial charge is 0.382 e. The smallest absolute Gasteiger partial charge is 0.250 e. The van der Waals surface area contributed by atoms with Gasteiger partial charge in [-0.05, 0) is 17.9 Å². The van der Waals surface area contributed by atoms with Crippen LogP contribution in [0.3, 0.4) is 0 Å². The van der Waals surface area contributed by atoms with Crippen LogP contribution in [0.2, 0.25) is 0 Å². The minimum Gasteiger partial charge on any atom is -0.382 e. The summed E-state index contributed by atoms with van der Waals surface area (Å²) in [5, 5.41) is 14.8. The number of benzene rings is 1. The first-order valence-corrected chi connectivity index (χ1v) is 9.65. The van der Waals surface area contributed by atoms with Crippen LogP contribution in [0.15, 0.2) is 30.3 Å². The third kappa shape index (κ3) is 6.46. The minimum atomic E-state index is -2.70. The molecule has 166 valence electrons. The van der Waals surface area contributed by atoms with Gasteiger partial charge in [0.15, 0.2) is 0 Å². The molecule has 1 aromatic carbocycles. The number of carbonyl (C=O) groups is 3. The molecule has 0 radical (unpaired) electrons. The lowest BCUT2D eigenvalue weighted by atomic mass is 9.77. The van der Waals surface area contributed by atoms with Gasteiger partial charge >= 0.3 is 0 Å². The number of nitrogens with two attached hydrogens (primary N) is 1. The number of rotatable bonds is 9. The third-order valence-corrected chi connectivity index (χ3v) is 5.00. The number of hydrogen-bond acceptors (Lipinski definition) is 5. The highest BCUT2D eigenvalue weighted by molar-refractivity contribution is 5.91. The van der Waals surface area contributed by atoms with Gasteiger partial charge in [0.25, 0.3) is 5.91 Å². The van der Waals surface area contributed by atoms with E-state index in [0.717, 1.165) is 0 Å². The molecule has 1 aliphatic rings. The first kappa shape index (κ1) is 23.7. The van der Waals surface area contributed by atoms with E-state index in [9.17, 15) is 28.3 Å². The number of amides is 3. The van der Waals surface area contributed by atoms with Crippen molar-refractivity contribution in [3.05, 3.63) is 35.9 Å². The minimum absolute atomic E-state index is 0.0871. The van der Waals surface area contributed by atoms with Crippen molar-refractivity contribution in [3.63, 3.8) is 0 Å². The molecular formula is C20H28F2N4O4. The van der Waals surface area contributed by atoms with E-state index in [1.54, 1.807) is 44.4 Å². The summed E-state index contributed by atoms with van der Waals surface area (Å²) >= 11 is 0. The fraction of sp³-hybridized carbons (Fsp3) is 0.550. The van der Waals surface area contributed by atoms with Crippen molar-refractivity contribution in [2.75, 3.05) is 20.6 Å². The number of carbonyl (C=O) groups excluding carboxylic acids is 3. The fourth-order valence-electron chi connectivity index (χ4n) is 3.34. The topological polar surface area (TPSA) is 125 Å². The maximum atomic E-state index is 12.9. The molecule has 0 aromatic heterocycles. The quantitative estimate of drug-likeness (QED) is 0.448. The third-order valence-electron chi connectivity index (χ3n) is 5.00. The van der Waals surface area contributed by atoms with Gasteiger partial charge in [-0.2, -0.15) is 0 Å². The second-order valence-electron chi connectivity index (χ2n) is 7.84. The summed E-state index contributed by atoms with van der Waals surface area (Å²) in [6.07, 6.45) is -2.15. The van der Waals surface area contributed by atoms with Gasteiger partial charge in [0.1, 0.15) is 12.1 Å². The maximum absolute atomic E-state index is 12.9. The number of aliphatic hydroxyl groups is 1. The molecule has 5 N–H and O–H groups in total. The SMILES string of the molecule is CN(C)C(=O)[C@@H](NC(=O)CNC(=O)C(O)C(N)CC1CC(F)(F)C1)c1ccccc1. The maximum Gasteiger partial charge on any atom is 0.250 e. The highest BCUT2D eigenvalue weighted by Gasteiger charge is 2.46. The molecule has 8 nitrogen and oxygen atoms in total. The number of nitrogens with one attached hydrogen (secondary N) is 2. The van der Waals surface area contributed by atoms with Crippen molar-refractivity contribution in [2.24, 2.45) is 11.7 Å². The average Bonchev–Trinajstić information content (AvgIpc) is 2.68. The van der Waals surface area contributed by atoms with E-state index >= 15 is 0 Å². The summed E-state index contributed by atoms with van der Waals surface area (Å²) in [6.45, 7) is -0.478. The van der Waals surface area contributed by atoms with E-state index in [1.807, 2.05) is 0 Å². The lowest BCUT2D eigenvalue weighted by Crippen LogP contribution is -2.51. The molecule has 0 aliphatic heterocycles. The van der Waals surface area contributed by atoms with Gasteiger partial charge in [-0.25, -0.2) is 8.78 Å². The average molecular weight is 426 g/mol. The van der Waals surface area contributed by atoms with E-state index in [-0.39, 0.29) is 31.1 Å². The molecule has 0 saturated heterocycles. The molecule has 0 heterocycles. The molecule has 1 aliphatic carbocycles. The summed E-state index contributed by atoms with van der Waals surface area (Å²) in [4.78, 5) is 38.1. The zero-order chi connectivity index (χ0) is 22.5. The first-order chi connectivity index (χ1) is 14.0. The van der Waals surface area contributed by atoms with Crippen LogP contribution in [0.4, 0.5) is 8.78 Å². The normalized spacial score (nSPS) is 18.5. The van der Waals surface area contributed by atoms with Crippen LogP contribution in [0.25, 0.3) is 0 Å². The Bertz CT molecular complexity index is 752. The van der Waals surface area contributed by atoms with Gasteiger partial charge < -0.3 is 26.4 Å². The molecule has 10 heteroatoms. The Labute approximate surface area is 173 Å². The van der Waals surface area contributed by atoms with E-state index in [0.29, 0.717) is 5.56 Å². The Hall–Kier alpha value is -2.59. The van der Waals surface area contributed by atoms with Crippen LogP contribution >= 0.6 is 0 Å². The van der Waals surface area contributed by atoms with E-state index in [2.05, 4.69) is 10.6 Å². The van der Waals surface area contributed by atoms with Crippen LogP contribution in [0.5, 0.6) is 0 Å². The first-order valence-electron chi connectivity index (χ1n) is 9.65. The van der Waals surface area contributed by atoms with Crippen LogP contribution in [-0.4, -0.2) is 66.4 Å². The lowest BCUT2D eigenvalue weighted by molar-refractivity contribution is -0.136. The van der Waals surface area contributed by atoms with E-state index < -0.39 is 42.5 Å². The van der Waals surface area contributed by atoms with Crippen molar-refractivity contribution >= 4 is 17.7 Å². The van der Waals surface area contributed by atoms with Crippen LogP contribution in [0.1, 0.15) is 30.9 Å². The fourth-order valence-corrected chi connectivity index (χ4v) is 3.34. The molecule has 1 saturated carbocycles. The molecular weight excluding hydrogens is 398 g/mol. The molecule has 0 bridgehead atoms. The van der Waals surface area contributed by atoms with Crippen LogP contribution in [0, 0.1) is 5.92 Å².